The first kappa shape index (κ1) is 10.7. The van der Waals surface area contributed by atoms with Gasteiger partial charge in [-0.3, -0.25) is 0 Å². The van der Waals surface area contributed by atoms with Crippen LogP contribution < -0.4 is 0 Å². The Kier molecular flexibility index (Phi) is 4.43. The third-order valence-electron chi connectivity index (χ3n) is 3.06. The molecule has 0 aromatic carbocycles. The van der Waals surface area contributed by atoms with Gasteiger partial charge < -0.3 is 0 Å². The highest BCUT2D eigenvalue weighted by Crippen LogP contribution is 2.17. The molecule has 1 rings (SSSR count). The zero-order valence-corrected chi connectivity index (χ0v) is 8.72. The van der Waals surface area contributed by atoms with Gasteiger partial charge in [-0.25, -0.2) is 9.28 Å². The van der Waals surface area contributed by atoms with Gasteiger partial charge in [0.05, 0.1) is 19.6 Å². The molecule has 1 aliphatic heterocycles. The Labute approximate surface area is 81.5 Å². The summed E-state index contributed by atoms with van der Waals surface area (Å²) >= 11 is 0. The first-order chi connectivity index (χ1) is 6.33. The predicted molar refractivity (Wildman–Crippen MR) is 53.9 cm³/mol. The van der Waals surface area contributed by atoms with E-state index < -0.39 is 0 Å². The topological polar surface area (TPSA) is 17.1 Å². The van der Waals surface area contributed by atoms with Crippen LogP contribution in [0.15, 0.2) is 0 Å². The van der Waals surface area contributed by atoms with E-state index in [1.807, 2.05) is 0 Å². The summed E-state index contributed by atoms with van der Waals surface area (Å²) in [5.74, 6) is 0. The number of nitrogens with zero attached hydrogens (tertiary/aromatic N) is 1. The standard InChI is InChI=1S/C11H21NO/c1-2-3-8-12(11-13)9-6-4-5-7-10-12/h2-10H2,1H3/q+1. The second kappa shape index (κ2) is 5.38. The van der Waals surface area contributed by atoms with E-state index in [4.69, 9.17) is 0 Å². The Bertz CT molecular complexity index is 148. The van der Waals surface area contributed by atoms with Crippen molar-refractivity contribution in [1.29, 1.82) is 0 Å². The Morgan fingerprint density at radius 3 is 2.23 bits per heavy atom. The summed E-state index contributed by atoms with van der Waals surface area (Å²) in [5.41, 5.74) is 0. The van der Waals surface area contributed by atoms with Crippen molar-refractivity contribution < 1.29 is 9.28 Å². The lowest BCUT2D eigenvalue weighted by Gasteiger charge is -2.28. The van der Waals surface area contributed by atoms with E-state index in [2.05, 4.69) is 13.3 Å². The van der Waals surface area contributed by atoms with Gasteiger partial charge in [0.25, 0.3) is 0 Å². The maximum atomic E-state index is 11.0. The number of carbonyl (C=O) groups excluding carboxylic acids is 1. The third-order valence-corrected chi connectivity index (χ3v) is 3.06. The first-order valence-electron chi connectivity index (χ1n) is 5.58. The van der Waals surface area contributed by atoms with Crippen molar-refractivity contribution in [2.24, 2.45) is 0 Å². The van der Waals surface area contributed by atoms with Crippen LogP contribution in [0.25, 0.3) is 0 Å². The molecule has 13 heavy (non-hydrogen) atoms. The number of hydrogen-bond acceptors (Lipinski definition) is 1. The second-order valence-electron chi connectivity index (χ2n) is 4.18. The van der Waals surface area contributed by atoms with E-state index in [1.54, 1.807) is 0 Å². The van der Waals surface area contributed by atoms with Gasteiger partial charge in [-0.2, -0.15) is 0 Å². The van der Waals surface area contributed by atoms with Gasteiger partial charge in [0.1, 0.15) is 0 Å². The van der Waals surface area contributed by atoms with Crippen LogP contribution in [0.2, 0.25) is 0 Å². The molecular formula is C11H21NO+. The van der Waals surface area contributed by atoms with Gasteiger partial charge >= 0.3 is 6.41 Å². The van der Waals surface area contributed by atoms with Crippen LogP contribution in [0.4, 0.5) is 0 Å². The smallest absolute Gasteiger partial charge is 0.248 e. The maximum Gasteiger partial charge on any atom is 0.442 e. The SMILES string of the molecule is CCCC[N+]1([C]=O)CCCCCC1. The quantitative estimate of drug-likeness (QED) is 0.611. The molecule has 0 spiro atoms. The lowest BCUT2D eigenvalue weighted by Crippen LogP contribution is -2.48. The van der Waals surface area contributed by atoms with Crippen LogP contribution in [0.3, 0.4) is 0 Å². The summed E-state index contributed by atoms with van der Waals surface area (Å²) < 4.78 is 0.619. The fourth-order valence-corrected chi connectivity index (χ4v) is 2.12. The molecule has 0 N–H and O–H groups in total. The highest BCUT2D eigenvalue weighted by molar-refractivity contribution is 5.38. The first-order valence-corrected chi connectivity index (χ1v) is 5.58. The summed E-state index contributed by atoms with van der Waals surface area (Å²) in [6.07, 6.45) is 9.64. The van der Waals surface area contributed by atoms with Crippen molar-refractivity contribution in [3.8, 4) is 0 Å². The number of quaternary nitrogens is 1. The van der Waals surface area contributed by atoms with Crippen LogP contribution >= 0.6 is 0 Å². The molecule has 1 fully saturated rings. The monoisotopic (exact) mass is 183 g/mol. The molecule has 1 radical (unpaired) electrons. The van der Waals surface area contributed by atoms with E-state index in [0.29, 0.717) is 4.48 Å². The third kappa shape index (κ3) is 3.11. The highest BCUT2D eigenvalue weighted by Gasteiger charge is 2.29. The average molecular weight is 183 g/mol. The summed E-state index contributed by atoms with van der Waals surface area (Å²) in [7, 11) is 0. The summed E-state index contributed by atoms with van der Waals surface area (Å²) in [4.78, 5) is 11.0. The molecule has 1 heterocycles. The Balaban J connectivity index is 2.48. The summed E-state index contributed by atoms with van der Waals surface area (Å²) in [5, 5.41) is 0. The van der Waals surface area contributed by atoms with Crippen molar-refractivity contribution in [2.45, 2.75) is 45.4 Å². The fraction of sp³-hybridized carbons (Fsp3) is 0.909. The highest BCUT2D eigenvalue weighted by atomic mass is 16.1. The summed E-state index contributed by atoms with van der Waals surface area (Å²) in [6.45, 7) is 5.26. The van der Waals surface area contributed by atoms with Crippen LogP contribution in [0, 0.1) is 0 Å². The van der Waals surface area contributed by atoms with Crippen molar-refractivity contribution in [2.75, 3.05) is 19.6 Å². The number of unbranched alkanes of at least 4 members (excludes halogenated alkanes) is 1. The molecule has 1 amide bonds. The zero-order chi connectivity index (χ0) is 9.57. The van der Waals surface area contributed by atoms with Gasteiger partial charge in [-0.1, -0.05) is 13.3 Å². The van der Waals surface area contributed by atoms with Crippen molar-refractivity contribution in [3.63, 3.8) is 0 Å². The Morgan fingerprint density at radius 1 is 1.15 bits per heavy atom. The van der Waals surface area contributed by atoms with Crippen LogP contribution in [0.1, 0.15) is 45.4 Å². The molecule has 0 aromatic heterocycles. The molecule has 0 saturated carbocycles. The Hall–Kier alpha value is -0.370. The fourth-order valence-electron chi connectivity index (χ4n) is 2.12. The second-order valence-corrected chi connectivity index (χ2v) is 4.18. The van der Waals surface area contributed by atoms with Crippen molar-refractivity contribution >= 4 is 6.41 Å². The molecule has 0 aliphatic carbocycles. The molecule has 0 atom stereocenters. The lowest BCUT2D eigenvalue weighted by atomic mass is 10.2. The van der Waals surface area contributed by atoms with Gasteiger partial charge in [-0.15, -0.1) is 0 Å². The van der Waals surface area contributed by atoms with E-state index in [1.165, 1.54) is 32.1 Å². The minimum Gasteiger partial charge on any atom is -0.248 e. The van der Waals surface area contributed by atoms with Gasteiger partial charge in [0, 0.05) is 0 Å². The van der Waals surface area contributed by atoms with Crippen molar-refractivity contribution in [3.05, 3.63) is 0 Å². The zero-order valence-electron chi connectivity index (χ0n) is 8.72. The molecule has 75 valence electrons. The molecule has 1 saturated heterocycles. The largest absolute Gasteiger partial charge is 0.442 e. The molecule has 0 unspecified atom stereocenters. The van der Waals surface area contributed by atoms with E-state index in [9.17, 15) is 4.79 Å². The van der Waals surface area contributed by atoms with Crippen LogP contribution in [0.5, 0.6) is 0 Å². The molecule has 1 aliphatic rings. The molecule has 2 heteroatoms. The van der Waals surface area contributed by atoms with Gasteiger partial charge in [0.15, 0.2) is 0 Å². The molecule has 0 bridgehead atoms. The minimum absolute atomic E-state index is 0.619. The normalized spacial score (nSPS) is 22.2. The van der Waals surface area contributed by atoms with E-state index >= 15 is 0 Å². The summed E-state index contributed by atoms with van der Waals surface area (Å²) in [6, 6.07) is 0. The molecule has 0 aromatic rings. The number of hydrogen-bond donors (Lipinski definition) is 0. The Morgan fingerprint density at radius 2 is 1.77 bits per heavy atom. The van der Waals surface area contributed by atoms with Crippen molar-refractivity contribution in [1.82, 2.24) is 0 Å². The lowest BCUT2D eigenvalue weighted by molar-refractivity contribution is -0.838. The van der Waals surface area contributed by atoms with Gasteiger partial charge in [0.2, 0.25) is 0 Å². The molecular weight excluding hydrogens is 162 g/mol. The predicted octanol–water partition coefficient (Wildman–Crippen LogP) is 2.24. The maximum absolute atomic E-state index is 11.0. The number of amides is 1. The van der Waals surface area contributed by atoms with E-state index in [0.717, 1.165) is 26.1 Å². The van der Waals surface area contributed by atoms with Crippen LogP contribution in [-0.2, 0) is 4.79 Å². The molecule has 2 nitrogen and oxygen atoms in total. The number of likely N-dealkylation sites (tertiary alicyclic amines) is 1. The van der Waals surface area contributed by atoms with Gasteiger partial charge in [-0.05, 0) is 32.1 Å². The van der Waals surface area contributed by atoms with Crippen LogP contribution in [-0.4, -0.2) is 30.5 Å². The van der Waals surface area contributed by atoms with E-state index in [-0.39, 0.29) is 0 Å². The average Bonchev–Trinajstić information content (AvgIpc) is 2.41. The minimum atomic E-state index is 0.619. The number of rotatable bonds is 4.